The van der Waals surface area contributed by atoms with Crippen molar-refractivity contribution in [3.05, 3.63) is 53.9 Å². The Morgan fingerprint density at radius 1 is 1.20 bits per heavy atom. The van der Waals surface area contributed by atoms with Crippen LogP contribution >= 0.6 is 0 Å². The Labute approximate surface area is 206 Å². The Kier molecular flexibility index (Phi) is 6.28. The number of pyridine rings is 1. The summed E-state index contributed by atoms with van der Waals surface area (Å²) in [6.07, 6.45) is 6.02. The van der Waals surface area contributed by atoms with E-state index in [2.05, 4.69) is 59.3 Å². The highest BCUT2D eigenvalue weighted by Gasteiger charge is 2.24. The van der Waals surface area contributed by atoms with Gasteiger partial charge >= 0.3 is 0 Å². The summed E-state index contributed by atoms with van der Waals surface area (Å²) in [5.41, 5.74) is 7.02. The summed E-state index contributed by atoms with van der Waals surface area (Å²) < 4.78 is 7.54. The van der Waals surface area contributed by atoms with E-state index in [4.69, 9.17) is 4.74 Å². The molecule has 7 nitrogen and oxygen atoms in total. The standard InChI is InChI=1S/C28H35N5O2/c1-18(2)27-22-14-20(19-9-12-32(13-10-19)17-26(34)31(3)4)6-7-23(22)30-28(27)21-15-25(35-5)24-8-11-29-33(24)16-21/h6-8,11,14-16,18-19,30H,9-10,12-13,17H2,1-5H3. The first-order chi connectivity index (χ1) is 16.9. The summed E-state index contributed by atoms with van der Waals surface area (Å²) in [4.78, 5) is 19.7. The second kappa shape index (κ2) is 9.38. The first kappa shape index (κ1) is 23.4. The van der Waals surface area contributed by atoms with Crippen LogP contribution in [0.1, 0.15) is 49.7 Å². The highest BCUT2D eigenvalue weighted by atomic mass is 16.5. The maximum Gasteiger partial charge on any atom is 0.236 e. The molecule has 0 aliphatic carbocycles. The molecule has 1 aromatic carbocycles. The molecule has 1 amide bonds. The number of nitrogens with zero attached hydrogens (tertiary/aromatic N) is 4. The van der Waals surface area contributed by atoms with E-state index in [0.29, 0.717) is 18.4 Å². The molecule has 0 spiro atoms. The van der Waals surface area contributed by atoms with Gasteiger partial charge in [-0.25, -0.2) is 4.52 Å². The van der Waals surface area contributed by atoms with E-state index in [1.165, 1.54) is 16.5 Å². The van der Waals surface area contributed by atoms with Gasteiger partial charge in [0.25, 0.3) is 0 Å². The van der Waals surface area contributed by atoms with E-state index < -0.39 is 0 Å². The van der Waals surface area contributed by atoms with Crippen LogP contribution in [0.5, 0.6) is 5.75 Å². The van der Waals surface area contributed by atoms with Gasteiger partial charge in [-0.05, 0) is 73.2 Å². The van der Waals surface area contributed by atoms with E-state index in [-0.39, 0.29) is 5.91 Å². The number of likely N-dealkylation sites (tertiary alicyclic amines) is 1. The molecule has 1 aliphatic heterocycles. The number of H-pyrrole nitrogens is 1. The fourth-order valence-corrected chi connectivity index (χ4v) is 5.37. The lowest BCUT2D eigenvalue weighted by Crippen LogP contribution is -2.40. The van der Waals surface area contributed by atoms with Crippen LogP contribution < -0.4 is 4.74 Å². The molecule has 35 heavy (non-hydrogen) atoms. The molecule has 1 fully saturated rings. The van der Waals surface area contributed by atoms with Crippen LogP contribution in [-0.4, -0.2) is 71.1 Å². The van der Waals surface area contributed by atoms with Crippen LogP contribution in [0.25, 0.3) is 27.7 Å². The van der Waals surface area contributed by atoms with Crippen LogP contribution in [-0.2, 0) is 4.79 Å². The highest BCUT2D eigenvalue weighted by molar-refractivity contribution is 5.92. The van der Waals surface area contributed by atoms with Gasteiger partial charge in [-0.1, -0.05) is 19.9 Å². The van der Waals surface area contributed by atoms with Crippen molar-refractivity contribution in [2.75, 3.05) is 40.8 Å². The third-order valence-electron chi connectivity index (χ3n) is 7.34. The first-order valence-corrected chi connectivity index (χ1v) is 12.5. The zero-order valence-electron chi connectivity index (χ0n) is 21.3. The van der Waals surface area contributed by atoms with Crippen LogP contribution in [0.15, 0.2) is 42.7 Å². The Bertz CT molecular complexity index is 1360. The van der Waals surface area contributed by atoms with Crippen LogP contribution in [0, 0.1) is 0 Å². The predicted octanol–water partition coefficient (Wildman–Crippen LogP) is 4.88. The van der Waals surface area contributed by atoms with Gasteiger partial charge in [0.1, 0.15) is 11.3 Å². The van der Waals surface area contributed by atoms with E-state index in [9.17, 15) is 4.79 Å². The minimum atomic E-state index is 0.177. The number of likely N-dealkylation sites (N-methyl/N-ethyl adjacent to an activating group) is 1. The van der Waals surface area contributed by atoms with Crippen molar-refractivity contribution in [1.82, 2.24) is 24.4 Å². The molecule has 1 saturated heterocycles. The first-order valence-electron chi connectivity index (χ1n) is 12.5. The summed E-state index contributed by atoms with van der Waals surface area (Å²) in [5.74, 6) is 1.86. The number of aromatic amines is 1. The van der Waals surface area contributed by atoms with Crippen molar-refractivity contribution in [1.29, 1.82) is 0 Å². The third kappa shape index (κ3) is 4.41. The van der Waals surface area contributed by atoms with Crippen molar-refractivity contribution < 1.29 is 9.53 Å². The topological polar surface area (TPSA) is 65.9 Å². The molecule has 4 aromatic rings. The number of fused-ring (bicyclic) bond motifs is 2. The van der Waals surface area contributed by atoms with Crippen molar-refractivity contribution in [3.8, 4) is 17.0 Å². The van der Waals surface area contributed by atoms with Crippen molar-refractivity contribution in [3.63, 3.8) is 0 Å². The zero-order chi connectivity index (χ0) is 24.7. The quantitative estimate of drug-likeness (QED) is 0.433. The molecule has 1 aliphatic rings. The largest absolute Gasteiger partial charge is 0.494 e. The van der Waals surface area contributed by atoms with E-state index in [0.717, 1.165) is 54.0 Å². The average molecular weight is 474 g/mol. The van der Waals surface area contributed by atoms with Gasteiger partial charge in [0.05, 0.1) is 25.5 Å². The summed E-state index contributed by atoms with van der Waals surface area (Å²) in [6.45, 7) is 6.94. The van der Waals surface area contributed by atoms with E-state index >= 15 is 0 Å². The number of benzene rings is 1. The monoisotopic (exact) mass is 473 g/mol. The number of hydrogen-bond donors (Lipinski definition) is 1. The Morgan fingerprint density at radius 2 is 1.97 bits per heavy atom. The summed E-state index contributed by atoms with van der Waals surface area (Å²) in [6, 6.07) is 10.9. The molecule has 0 atom stereocenters. The van der Waals surface area contributed by atoms with Gasteiger partial charge in [0, 0.05) is 36.8 Å². The Balaban J connectivity index is 1.47. The molecular formula is C28H35N5O2. The summed E-state index contributed by atoms with van der Waals surface area (Å²) >= 11 is 0. The van der Waals surface area contributed by atoms with Crippen LogP contribution in [0.3, 0.4) is 0 Å². The summed E-state index contributed by atoms with van der Waals surface area (Å²) in [7, 11) is 5.35. The fraction of sp³-hybridized carbons (Fsp3) is 0.429. The molecular weight excluding hydrogens is 438 g/mol. The second-order valence-corrected chi connectivity index (χ2v) is 10.2. The Hall–Kier alpha value is -3.32. The molecule has 184 valence electrons. The summed E-state index contributed by atoms with van der Waals surface area (Å²) in [5, 5.41) is 5.73. The number of methoxy groups -OCH3 is 1. The molecule has 4 heterocycles. The minimum absolute atomic E-state index is 0.177. The second-order valence-electron chi connectivity index (χ2n) is 10.2. The van der Waals surface area contributed by atoms with Gasteiger partial charge in [-0.15, -0.1) is 0 Å². The molecule has 0 saturated carbocycles. The minimum Gasteiger partial charge on any atom is -0.494 e. The zero-order valence-corrected chi connectivity index (χ0v) is 21.3. The molecule has 0 bridgehead atoms. The number of nitrogens with one attached hydrogen (secondary N) is 1. The number of ether oxygens (including phenoxy) is 1. The van der Waals surface area contributed by atoms with E-state index in [1.807, 2.05) is 24.7 Å². The SMILES string of the molecule is COc1cc(-c2[nH]c3ccc(C4CCN(CC(=O)N(C)C)CC4)cc3c2C(C)C)cn2nccc12. The number of aromatic nitrogens is 3. The molecule has 5 rings (SSSR count). The molecule has 7 heteroatoms. The number of carbonyl (C=O) groups is 1. The van der Waals surface area contributed by atoms with Gasteiger partial charge in [0.15, 0.2) is 0 Å². The lowest BCUT2D eigenvalue weighted by Gasteiger charge is -2.32. The third-order valence-corrected chi connectivity index (χ3v) is 7.34. The van der Waals surface area contributed by atoms with Gasteiger partial charge in [-0.2, -0.15) is 5.10 Å². The maximum absolute atomic E-state index is 12.1. The van der Waals surface area contributed by atoms with Crippen molar-refractivity contribution in [2.45, 2.75) is 38.5 Å². The molecule has 1 N–H and O–H groups in total. The van der Waals surface area contributed by atoms with Gasteiger partial charge < -0.3 is 14.6 Å². The Morgan fingerprint density at radius 3 is 2.66 bits per heavy atom. The molecule has 3 aromatic heterocycles. The normalized spacial score (nSPS) is 15.4. The van der Waals surface area contributed by atoms with Gasteiger partial charge in [-0.3, -0.25) is 9.69 Å². The van der Waals surface area contributed by atoms with E-state index in [1.54, 1.807) is 18.2 Å². The smallest absolute Gasteiger partial charge is 0.236 e. The predicted molar refractivity (Wildman–Crippen MR) is 140 cm³/mol. The molecule has 0 radical (unpaired) electrons. The van der Waals surface area contributed by atoms with Crippen LogP contribution in [0.4, 0.5) is 0 Å². The highest BCUT2D eigenvalue weighted by Crippen LogP contribution is 2.39. The number of hydrogen-bond acceptors (Lipinski definition) is 4. The van der Waals surface area contributed by atoms with Crippen LogP contribution in [0.2, 0.25) is 0 Å². The lowest BCUT2D eigenvalue weighted by molar-refractivity contribution is -0.130. The average Bonchev–Trinajstić information content (AvgIpc) is 3.48. The van der Waals surface area contributed by atoms with Crippen molar-refractivity contribution in [2.24, 2.45) is 0 Å². The lowest BCUT2D eigenvalue weighted by atomic mass is 9.87. The molecule has 0 unspecified atom stereocenters. The maximum atomic E-state index is 12.1. The fourth-order valence-electron chi connectivity index (χ4n) is 5.37. The number of amides is 1. The van der Waals surface area contributed by atoms with Crippen molar-refractivity contribution >= 4 is 22.3 Å². The number of piperidine rings is 1. The number of carbonyl (C=O) groups excluding carboxylic acids is 1. The van der Waals surface area contributed by atoms with Gasteiger partial charge in [0.2, 0.25) is 5.91 Å². The number of rotatable bonds is 6.